The smallest absolute Gasteiger partial charge is 0.215 e. The molecule has 0 atom stereocenters. The standard InChI is InChI=1S/C13H15ClN4O/c1-19-12-3-2-9-10(14)8-11(16-13(9)17-12)18-6-4-15-5-7-18/h2-3,8,15H,4-7H2,1H3. The molecule has 19 heavy (non-hydrogen) atoms. The van der Waals surface area contributed by atoms with Crippen LogP contribution in [-0.4, -0.2) is 43.3 Å². The van der Waals surface area contributed by atoms with Crippen molar-refractivity contribution in [1.82, 2.24) is 15.3 Å². The Hall–Kier alpha value is -1.59. The number of nitrogens with one attached hydrogen (secondary N) is 1. The van der Waals surface area contributed by atoms with Crippen LogP contribution in [0.2, 0.25) is 5.02 Å². The molecule has 0 spiro atoms. The van der Waals surface area contributed by atoms with Crippen LogP contribution in [0, 0.1) is 0 Å². The molecule has 0 aliphatic carbocycles. The van der Waals surface area contributed by atoms with Crippen LogP contribution in [0.5, 0.6) is 5.88 Å². The van der Waals surface area contributed by atoms with E-state index in [4.69, 9.17) is 16.3 Å². The van der Waals surface area contributed by atoms with E-state index in [0.717, 1.165) is 37.4 Å². The molecule has 2 aromatic heterocycles. The van der Waals surface area contributed by atoms with Gasteiger partial charge in [0, 0.05) is 43.7 Å². The molecule has 0 amide bonds. The predicted molar refractivity (Wildman–Crippen MR) is 76.2 cm³/mol. The van der Waals surface area contributed by atoms with E-state index in [2.05, 4.69) is 20.2 Å². The van der Waals surface area contributed by atoms with Gasteiger partial charge in [-0.3, -0.25) is 0 Å². The first-order valence-corrected chi connectivity index (χ1v) is 6.62. The lowest BCUT2D eigenvalue weighted by molar-refractivity contribution is 0.399. The molecule has 100 valence electrons. The fraction of sp³-hybridized carbons (Fsp3) is 0.385. The number of hydrogen-bond donors (Lipinski definition) is 1. The van der Waals surface area contributed by atoms with Crippen molar-refractivity contribution in [2.45, 2.75) is 0 Å². The van der Waals surface area contributed by atoms with Crippen molar-refractivity contribution in [2.24, 2.45) is 0 Å². The zero-order chi connectivity index (χ0) is 13.2. The highest BCUT2D eigenvalue weighted by Gasteiger charge is 2.14. The first-order valence-electron chi connectivity index (χ1n) is 6.25. The highest BCUT2D eigenvalue weighted by atomic mass is 35.5. The normalized spacial score (nSPS) is 15.8. The van der Waals surface area contributed by atoms with Crippen molar-refractivity contribution >= 4 is 28.5 Å². The molecule has 1 aliphatic heterocycles. The number of anilines is 1. The Morgan fingerprint density at radius 2 is 2.05 bits per heavy atom. The van der Waals surface area contributed by atoms with Gasteiger partial charge < -0.3 is 15.0 Å². The van der Waals surface area contributed by atoms with Crippen LogP contribution < -0.4 is 15.0 Å². The van der Waals surface area contributed by atoms with Crippen molar-refractivity contribution in [1.29, 1.82) is 0 Å². The summed E-state index contributed by atoms with van der Waals surface area (Å²) in [4.78, 5) is 11.2. The minimum Gasteiger partial charge on any atom is -0.481 e. The third-order valence-electron chi connectivity index (χ3n) is 3.23. The van der Waals surface area contributed by atoms with Crippen LogP contribution in [0.3, 0.4) is 0 Å². The zero-order valence-electron chi connectivity index (χ0n) is 10.7. The molecule has 1 aliphatic rings. The number of hydrogen-bond acceptors (Lipinski definition) is 5. The molecule has 1 N–H and O–H groups in total. The molecule has 1 saturated heterocycles. The van der Waals surface area contributed by atoms with Crippen LogP contribution in [0.1, 0.15) is 0 Å². The van der Waals surface area contributed by atoms with E-state index in [1.807, 2.05) is 12.1 Å². The van der Waals surface area contributed by atoms with E-state index in [1.165, 1.54) is 0 Å². The molecule has 0 unspecified atom stereocenters. The van der Waals surface area contributed by atoms with Crippen LogP contribution in [0.15, 0.2) is 18.2 Å². The number of rotatable bonds is 2. The van der Waals surface area contributed by atoms with E-state index < -0.39 is 0 Å². The number of aromatic nitrogens is 2. The highest BCUT2D eigenvalue weighted by Crippen LogP contribution is 2.27. The van der Waals surface area contributed by atoms with Crippen molar-refractivity contribution in [3.63, 3.8) is 0 Å². The number of methoxy groups -OCH3 is 1. The third-order valence-corrected chi connectivity index (χ3v) is 3.55. The maximum atomic E-state index is 6.31. The lowest BCUT2D eigenvalue weighted by Crippen LogP contribution is -2.43. The number of halogens is 1. The lowest BCUT2D eigenvalue weighted by atomic mass is 10.2. The number of nitrogens with zero attached hydrogens (tertiary/aromatic N) is 3. The maximum absolute atomic E-state index is 6.31. The summed E-state index contributed by atoms with van der Waals surface area (Å²) >= 11 is 6.31. The Morgan fingerprint density at radius 3 is 2.79 bits per heavy atom. The van der Waals surface area contributed by atoms with E-state index in [1.54, 1.807) is 13.2 Å². The van der Waals surface area contributed by atoms with E-state index in [9.17, 15) is 0 Å². The summed E-state index contributed by atoms with van der Waals surface area (Å²) < 4.78 is 5.13. The summed E-state index contributed by atoms with van der Waals surface area (Å²) in [6, 6.07) is 5.59. The quantitative estimate of drug-likeness (QED) is 0.906. The second kappa shape index (κ2) is 5.19. The van der Waals surface area contributed by atoms with Gasteiger partial charge in [0.15, 0.2) is 5.65 Å². The molecule has 0 radical (unpaired) electrons. The van der Waals surface area contributed by atoms with Gasteiger partial charge in [0.25, 0.3) is 0 Å². The molecule has 6 heteroatoms. The summed E-state index contributed by atoms with van der Waals surface area (Å²) in [6.45, 7) is 3.78. The van der Waals surface area contributed by atoms with Gasteiger partial charge in [-0.05, 0) is 6.07 Å². The van der Waals surface area contributed by atoms with Crippen molar-refractivity contribution < 1.29 is 4.74 Å². The molecule has 5 nitrogen and oxygen atoms in total. The van der Waals surface area contributed by atoms with Gasteiger partial charge in [0.1, 0.15) is 5.82 Å². The van der Waals surface area contributed by atoms with Crippen molar-refractivity contribution in [2.75, 3.05) is 38.2 Å². The first-order chi connectivity index (χ1) is 9.28. The topological polar surface area (TPSA) is 50.3 Å². The maximum Gasteiger partial charge on any atom is 0.215 e. The predicted octanol–water partition coefficient (Wildman–Crippen LogP) is 1.70. The van der Waals surface area contributed by atoms with Gasteiger partial charge in [-0.15, -0.1) is 0 Å². The van der Waals surface area contributed by atoms with Gasteiger partial charge in [-0.25, -0.2) is 4.98 Å². The van der Waals surface area contributed by atoms with Crippen LogP contribution >= 0.6 is 11.6 Å². The van der Waals surface area contributed by atoms with Gasteiger partial charge in [-0.1, -0.05) is 11.6 Å². The van der Waals surface area contributed by atoms with E-state index >= 15 is 0 Å². The minimum atomic E-state index is 0.550. The fourth-order valence-electron chi connectivity index (χ4n) is 2.20. The lowest BCUT2D eigenvalue weighted by Gasteiger charge is -2.28. The molecule has 2 aromatic rings. The molecule has 3 heterocycles. The van der Waals surface area contributed by atoms with Crippen LogP contribution in [0.4, 0.5) is 5.82 Å². The Labute approximate surface area is 116 Å². The van der Waals surface area contributed by atoms with E-state index in [-0.39, 0.29) is 0 Å². The summed E-state index contributed by atoms with van der Waals surface area (Å²) in [6.07, 6.45) is 0. The number of fused-ring (bicyclic) bond motifs is 1. The molecule has 0 bridgehead atoms. The van der Waals surface area contributed by atoms with Gasteiger partial charge >= 0.3 is 0 Å². The van der Waals surface area contributed by atoms with Crippen molar-refractivity contribution in [3.05, 3.63) is 23.2 Å². The van der Waals surface area contributed by atoms with Gasteiger partial charge in [-0.2, -0.15) is 4.98 Å². The summed E-state index contributed by atoms with van der Waals surface area (Å²) in [5.74, 6) is 1.42. The van der Waals surface area contributed by atoms with Crippen molar-refractivity contribution in [3.8, 4) is 5.88 Å². The third kappa shape index (κ3) is 2.43. The SMILES string of the molecule is COc1ccc2c(Cl)cc(N3CCNCC3)nc2n1. The second-order valence-electron chi connectivity index (χ2n) is 4.42. The highest BCUT2D eigenvalue weighted by molar-refractivity contribution is 6.35. The zero-order valence-corrected chi connectivity index (χ0v) is 11.4. The van der Waals surface area contributed by atoms with E-state index in [0.29, 0.717) is 16.5 Å². The monoisotopic (exact) mass is 278 g/mol. The molecule has 0 aromatic carbocycles. The Bertz CT molecular complexity index is 598. The van der Waals surface area contributed by atoms with Crippen LogP contribution in [0.25, 0.3) is 11.0 Å². The molecule has 3 rings (SSSR count). The molecule has 0 saturated carbocycles. The Balaban J connectivity index is 2.05. The first kappa shape index (κ1) is 12.4. The second-order valence-corrected chi connectivity index (χ2v) is 4.83. The fourth-order valence-corrected chi connectivity index (χ4v) is 2.45. The molecular weight excluding hydrogens is 264 g/mol. The summed E-state index contributed by atoms with van der Waals surface area (Å²) in [5.41, 5.74) is 0.625. The average Bonchev–Trinajstić information content (AvgIpc) is 2.47. The Morgan fingerprint density at radius 1 is 1.26 bits per heavy atom. The van der Waals surface area contributed by atoms with Gasteiger partial charge in [0.05, 0.1) is 12.1 Å². The number of pyridine rings is 2. The molecular formula is C13H15ClN4O. The largest absolute Gasteiger partial charge is 0.481 e. The number of piperazine rings is 1. The van der Waals surface area contributed by atoms with Gasteiger partial charge in [0.2, 0.25) is 5.88 Å². The summed E-state index contributed by atoms with van der Waals surface area (Å²) in [7, 11) is 1.59. The minimum absolute atomic E-state index is 0.550. The number of ether oxygens (including phenoxy) is 1. The Kier molecular flexibility index (Phi) is 3.40. The summed E-state index contributed by atoms with van der Waals surface area (Å²) in [5, 5.41) is 4.84. The molecule has 1 fully saturated rings. The average molecular weight is 279 g/mol. The van der Waals surface area contributed by atoms with Crippen LogP contribution in [-0.2, 0) is 0 Å².